The molecule has 1 aliphatic heterocycles. The zero-order valence-corrected chi connectivity index (χ0v) is 21.1. The van der Waals surface area contributed by atoms with Gasteiger partial charge in [0.15, 0.2) is 17.7 Å². The van der Waals surface area contributed by atoms with Crippen LogP contribution in [0.3, 0.4) is 0 Å². The number of imidazole rings is 1. The molecular formula is C10H16N8O15P4. The molecule has 6 atom stereocenters. The largest absolute Gasteiger partial charge is 0.490 e. The average molecular weight is 612 g/mol. The van der Waals surface area contributed by atoms with E-state index in [9.17, 15) is 37.8 Å². The van der Waals surface area contributed by atoms with E-state index in [1.54, 1.807) is 0 Å². The van der Waals surface area contributed by atoms with E-state index < -0.39 is 62.4 Å². The summed E-state index contributed by atoms with van der Waals surface area (Å²) in [5.41, 5.74) is 14.7. The number of aromatic nitrogens is 4. The van der Waals surface area contributed by atoms with Gasteiger partial charge in [0.25, 0.3) is 0 Å². The predicted molar refractivity (Wildman–Crippen MR) is 113 cm³/mol. The van der Waals surface area contributed by atoms with Crippen LogP contribution in [0.2, 0.25) is 0 Å². The van der Waals surface area contributed by atoms with Crippen LogP contribution in [0.25, 0.3) is 21.6 Å². The smallest absolute Gasteiger partial charge is 0.382 e. The van der Waals surface area contributed by atoms with E-state index in [-0.39, 0.29) is 17.0 Å². The summed E-state index contributed by atoms with van der Waals surface area (Å²) >= 11 is 0. The second-order valence-corrected chi connectivity index (χ2v) is 12.4. The van der Waals surface area contributed by atoms with Gasteiger partial charge in [0, 0.05) is 4.91 Å². The molecule has 2 aromatic heterocycles. The minimum absolute atomic E-state index is 0.0231. The SMILES string of the molecule is [N-]=[N+]=N[C@H]1[C@@H](OP(=O)(O)O)[C@H](n2cnc3c(N)ncnc32)O[C@@H]1COP(=O)(O)OP(=O)(O)OP(=O)(O)O. The van der Waals surface area contributed by atoms with Crippen LogP contribution >= 0.6 is 31.3 Å². The molecule has 1 aliphatic rings. The Kier molecular flexibility index (Phi) is 8.60. The van der Waals surface area contributed by atoms with Gasteiger partial charge in [0.1, 0.15) is 17.9 Å². The van der Waals surface area contributed by atoms with Crippen LogP contribution in [0, 0.1) is 0 Å². The fraction of sp³-hybridized carbons (Fsp3) is 0.500. The van der Waals surface area contributed by atoms with E-state index in [0.717, 1.165) is 17.2 Å². The van der Waals surface area contributed by atoms with Gasteiger partial charge in [-0.3, -0.25) is 13.6 Å². The lowest BCUT2D eigenvalue weighted by Crippen LogP contribution is -2.33. The summed E-state index contributed by atoms with van der Waals surface area (Å²) < 4.78 is 68.9. The number of phosphoric ester groups is 2. The van der Waals surface area contributed by atoms with E-state index in [2.05, 4.69) is 38.1 Å². The molecule has 1 fully saturated rings. The van der Waals surface area contributed by atoms with Crippen LogP contribution < -0.4 is 5.73 Å². The van der Waals surface area contributed by atoms with Gasteiger partial charge in [-0.2, -0.15) is 8.62 Å². The van der Waals surface area contributed by atoms with Crippen LogP contribution in [0.15, 0.2) is 17.8 Å². The van der Waals surface area contributed by atoms with Crippen LogP contribution in [-0.2, 0) is 40.7 Å². The molecule has 2 aromatic rings. The molecule has 27 heteroatoms. The van der Waals surface area contributed by atoms with Gasteiger partial charge in [0.2, 0.25) is 0 Å². The van der Waals surface area contributed by atoms with Gasteiger partial charge < -0.3 is 39.8 Å². The third kappa shape index (κ3) is 7.82. The summed E-state index contributed by atoms with van der Waals surface area (Å²) in [6.07, 6.45) is -2.95. The first-order chi connectivity index (χ1) is 16.9. The molecule has 0 radical (unpaired) electrons. The monoisotopic (exact) mass is 612 g/mol. The van der Waals surface area contributed by atoms with Crippen molar-refractivity contribution in [2.45, 2.75) is 24.5 Å². The number of hydrogen-bond acceptors (Lipinski definition) is 14. The average Bonchev–Trinajstić information content (AvgIpc) is 3.26. The summed E-state index contributed by atoms with van der Waals surface area (Å²) in [6.45, 7) is -1.13. The lowest BCUT2D eigenvalue weighted by molar-refractivity contribution is -0.0473. The zero-order chi connectivity index (χ0) is 27.8. The Morgan fingerprint density at radius 1 is 1.05 bits per heavy atom. The number of ether oxygens (including phenoxy) is 1. The number of phosphoric acid groups is 4. The Hall–Kier alpha value is -1.86. The van der Waals surface area contributed by atoms with E-state index in [1.807, 2.05) is 0 Å². The van der Waals surface area contributed by atoms with Crippen molar-refractivity contribution in [2.24, 2.45) is 5.11 Å². The summed E-state index contributed by atoms with van der Waals surface area (Å²) in [6, 6.07) is -1.69. The number of azide groups is 1. The molecule has 2 unspecified atom stereocenters. The number of hydrogen-bond donors (Lipinski definition) is 7. The van der Waals surface area contributed by atoms with Crippen LogP contribution in [0.5, 0.6) is 0 Å². The highest BCUT2D eigenvalue weighted by atomic mass is 31.3. The molecule has 0 aromatic carbocycles. The maximum atomic E-state index is 12.1. The van der Waals surface area contributed by atoms with E-state index in [1.165, 1.54) is 0 Å². The van der Waals surface area contributed by atoms with Crippen molar-refractivity contribution < 1.29 is 70.0 Å². The van der Waals surface area contributed by atoms with Crippen molar-refractivity contribution in [3.63, 3.8) is 0 Å². The van der Waals surface area contributed by atoms with Gasteiger partial charge in [-0.1, -0.05) is 5.11 Å². The molecule has 206 valence electrons. The first-order valence-corrected chi connectivity index (χ1v) is 15.1. The first kappa shape index (κ1) is 29.7. The van der Waals surface area contributed by atoms with Gasteiger partial charge in [-0.05, 0) is 5.53 Å². The number of nitrogens with zero attached hydrogens (tertiary/aromatic N) is 7. The molecule has 0 aliphatic carbocycles. The van der Waals surface area contributed by atoms with Crippen LogP contribution in [0.4, 0.5) is 5.82 Å². The van der Waals surface area contributed by atoms with Crippen molar-refractivity contribution in [1.29, 1.82) is 0 Å². The Bertz CT molecular complexity index is 1400. The molecule has 3 heterocycles. The molecule has 23 nitrogen and oxygen atoms in total. The number of nitrogen functional groups attached to an aromatic ring is 1. The standard InChI is InChI=1S/C10H16N8O15P4/c11-8-6-9(14-2-13-8)18(3-15-6)10-7(31-34(19,20)21)5(16-17-12)4(30-10)1-29-36(25,26)33-37(27,28)32-35(22,23)24/h2-5,7,10H,1H2,(H,25,26)(H,27,28)(H2,11,13,14)(H2,19,20,21)(H2,22,23,24)/t4-,5-,7-,10-/m1/s1. The van der Waals surface area contributed by atoms with Gasteiger partial charge in [-0.15, -0.1) is 0 Å². The quantitative estimate of drug-likeness (QED) is 0.0747. The van der Waals surface area contributed by atoms with E-state index in [4.69, 9.17) is 30.3 Å². The van der Waals surface area contributed by atoms with Gasteiger partial charge in [0.05, 0.1) is 25.1 Å². The normalized spacial score (nSPS) is 25.9. The Morgan fingerprint density at radius 3 is 2.32 bits per heavy atom. The lowest BCUT2D eigenvalue weighted by atomic mass is 10.1. The van der Waals surface area contributed by atoms with E-state index in [0.29, 0.717) is 0 Å². The topological polar surface area (TPSA) is 354 Å². The molecule has 37 heavy (non-hydrogen) atoms. The second-order valence-electron chi connectivity index (χ2n) is 6.79. The molecule has 0 bridgehead atoms. The Morgan fingerprint density at radius 2 is 1.73 bits per heavy atom. The Labute approximate surface area is 203 Å². The zero-order valence-electron chi connectivity index (χ0n) is 17.5. The molecule has 3 rings (SSSR count). The molecule has 0 spiro atoms. The highest BCUT2D eigenvalue weighted by Crippen LogP contribution is 2.66. The van der Waals surface area contributed by atoms with Crippen LogP contribution in [-0.4, -0.2) is 73.7 Å². The summed E-state index contributed by atoms with van der Waals surface area (Å²) in [5, 5.41) is 3.32. The van der Waals surface area contributed by atoms with Crippen molar-refractivity contribution in [3.05, 3.63) is 23.1 Å². The molecular weight excluding hydrogens is 596 g/mol. The van der Waals surface area contributed by atoms with Gasteiger partial charge in [-0.25, -0.2) is 33.2 Å². The highest BCUT2D eigenvalue weighted by molar-refractivity contribution is 7.66. The van der Waals surface area contributed by atoms with Crippen molar-refractivity contribution in [1.82, 2.24) is 19.5 Å². The maximum absolute atomic E-state index is 12.1. The molecule has 1 saturated heterocycles. The molecule has 8 N–H and O–H groups in total. The maximum Gasteiger partial charge on any atom is 0.490 e. The minimum Gasteiger partial charge on any atom is -0.382 e. The summed E-state index contributed by atoms with van der Waals surface area (Å²) in [5.74, 6) is -0.0787. The number of fused-ring (bicyclic) bond motifs is 1. The molecule has 0 amide bonds. The van der Waals surface area contributed by atoms with Crippen molar-refractivity contribution >= 4 is 48.3 Å². The summed E-state index contributed by atoms with van der Waals surface area (Å²) in [7, 11) is -22.4. The third-order valence-electron chi connectivity index (χ3n) is 4.24. The number of anilines is 1. The highest BCUT2D eigenvalue weighted by Gasteiger charge is 2.50. The molecule has 0 saturated carbocycles. The minimum atomic E-state index is -5.84. The second kappa shape index (κ2) is 10.7. The lowest BCUT2D eigenvalue weighted by Gasteiger charge is -2.22. The third-order valence-corrected chi connectivity index (χ3v) is 8.56. The Balaban J connectivity index is 1.91. The van der Waals surface area contributed by atoms with Crippen LogP contribution in [0.1, 0.15) is 6.23 Å². The fourth-order valence-corrected chi connectivity index (χ4v) is 6.65. The van der Waals surface area contributed by atoms with E-state index >= 15 is 0 Å². The van der Waals surface area contributed by atoms with Crippen molar-refractivity contribution in [2.75, 3.05) is 12.3 Å². The summed E-state index contributed by atoms with van der Waals surface area (Å²) in [4.78, 5) is 68.9. The van der Waals surface area contributed by atoms with Crippen molar-refractivity contribution in [3.8, 4) is 0 Å². The first-order valence-electron chi connectivity index (χ1n) is 9.06. The van der Waals surface area contributed by atoms with Gasteiger partial charge >= 0.3 is 31.3 Å². The fourth-order valence-electron chi connectivity index (χ4n) is 3.08. The number of rotatable bonds is 11. The predicted octanol–water partition coefficient (Wildman–Crippen LogP) is -0.194. The number of nitrogens with two attached hydrogens (primary N) is 1.